The highest BCUT2D eigenvalue weighted by Crippen LogP contribution is 2.26. The lowest BCUT2D eigenvalue weighted by atomic mass is 10.1. The lowest BCUT2D eigenvalue weighted by Gasteiger charge is -2.26. The van der Waals surface area contributed by atoms with Gasteiger partial charge in [0.15, 0.2) is 0 Å². The number of alkyl halides is 3. The maximum Gasteiger partial charge on any atom is 0.573 e. The minimum absolute atomic E-state index is 0.224. The first kappa shape index (κ1) is 15.9. The monoisotopic (exact) mass is 304 g/mol. The van der Waals surface area contributed by atoms with Crippen molar-refractivity contribution < 1.29 is 22.6 Å². The number of nitrogens with zero attached hydrogens (tertiary/aromatic N) is 1. The second-order valence-electron chi connectivity index (χ2n) is 4.97. The molecule has 1 aliphatic rings. The number of nitrogen functional groups attached to an aromatic ring is 1. The summed E-state index contributed by atoms with van der Waals surface area (Å²) in [6, 6.07) is 4.04. The van der Waals surface area contributed by atoms with Crippen molar-refractivity contribution in [2.75, 3.05) is 38.6 Å². The van der Waals surface area contributed by atoms with Crippen LogP contribution in [0.15, 0.2) is 18.2 Å². The first-order valence-electron chi connectivity index (χ1n) is 6.88. The summed E-state index contributed by atoms with van der Waals surface area (Å²) in [4.78, 5) is 2.27. The molecule has 0 spiro atoms. The molecule has 2 rings (SSSR count). The van der Waals surface area contributed by atoms with E-state index in [1.54, 1.807) is 0 Å². The minimum Gasteiger partial charge on any atom is -0.406 e. The normalized spacial score (nSPS) is 16.9. The molecular weight excluding hydrogens is 285 g/mol. The average molecular weight is 304 g/mol. The van der Waals surface area contributed by atoms with Gasteiger partial charge >= 0.3 is 6.36 Å². The Balaban J connectivity index is 1.87. The fourth-order valence-corrected chi connectivity index (χ4v) is 2.31. The Hall–Kier alpha value is -1.47. The van der Waals surface area contributed by atoms with Gasteiger partial charge in [0.2, 0.25) is 0 Å². The summed E-state index contributed by atoms with van der Waals surface area (Å²) in [5, 5.41) is 0. The predicted molar refractivity (Wildman–Crippen MR) is 73.1 cm³/mol. The number of rotatable bonds is 5. The highest BCUT2D eigenvalue weighted by molar-refractivity contribution is 5.50. The summed E-state index contributed by atoms with van der Waals surface area (Å²) in [5.41, 5.74) is 6.98. The summed E-state index contributed by atoms with van der Waals surface area (Å²) in [5.74, 6) is -0.224. The molecule has 21 heavy (non-hydrogen) atoms. The zero-order valence-corrected chi connectivity index (χ0v) is 11.7. The SMILES string of the molecule is Nc1ccc(OC(F)(F)F)cc1CCCN1CCOCC1. The molecule has 0 aromatic heterocycles. The average Bonchev–Trinajstić information content (AvgIpc) is 2.42. The van der Waals surface area contributed by atoms with E-state index in [0.717, 1.165) is 39.3 Å². The Labute approximate surface area is 121 Å². The van der Waals surface area contributed by atoms with Gasteiger partial charge in [0.25, 0.3) is 0 Å². The van der Waals surface area contributed by atoms with E-state index in [9.17, 15) is 13.2 Å². The number of halogens is 3. The van der Waals surface area contributed by atoms with Gasteiger partial charge in [0.1, 0.15) is 5.75 Å². The maximum absolute atomic E-state index is 12.2. The molecule has 1 aromatic rings. The molecule has 7 heteroatoms. The molecule has 0 saturated carbocycles. The molecule has 1 fully saturated rings. The highest BCUT2D eigenvalue weighted by Gasteiger charge is 2.31. The van der Waals surface area contributed by atoms with Crippen LogP contribution in [0.25, 0.3) is 0 Å². The standard InChI is InChI=1S/C14H19F3N2O2/c15-14(16,17)21-12-3-4-13(18)11(10-12)2-1-5-19-6-8-20-9-7-19/h3-4,10H,1-2,5-9,18H2. The van der Waals surface area contributed by atoms with Gasteiger partial charge in [0.05, 0.1) is 13.2 Å². The van der Waals surface area contributed by atoms with Gasteiger partial charge in [-0.2, -0.15) is 0 Å². The summed E-state index contributed by atoms with van der Waals surface area (Å²) in [6.07, 6.45) is -3.22. The first-order valence-corrected chi connectivity index (χ1v) is 6.88. The second kappa shape index (κ2) is 7.00. The molecule has 1 aromatic carbocycles. The van der Waals surface area contributed by atoms with Crippen molar-refractivity contribution in [1.29, 1.82) is 0 Å². The molecule has 1 heterocycles. The summed E-state index contributed by atoms with van der Waals surface area (Å²) < 4.78 is 45.8. The predicted octanol–water partition coefficient (Wildman–Crippen LogP) is 2.43. The van der Waals surface area contributed by atoms with Crippen LogP contribution >= 0.6 is 0 Å². The van der Waals surface area contributed by atoms with E-state index in [2.05, 4.69) is 9.64 Å². The van der Waals surface area contributed by atoms with Crippen LogP contribution in [-0.2, 0) is 11.2 Å². The molecular formula is C14H19F3N2O2. The zero-order chi connectivity index (χ0) is 15.3. The van der Waals surface area contributed by atoms with E-state index in [-0.39, 0.29) is 5.75 Å². The fourth-order valence-electron chi connectivity index (χ4n) is 2.31. The minimum atomic E-state index is -4.68. The Kier molecular flexibility index (Phi) is 5.30. The van der Waals surface area contributed by atoms with Crippen molar-refractivity contribution in [3.63, 3.8) is 0 Å². The lowest BCUT2D eigenvalue weighted by Crippen LogP contribution is -2.36. The van der Waals surface area contributed by atoms with Gasteiger partial charge in [0, 0.05) is 18.8 Å². The number of aryl methyl sites for hydroxylation is 1. The largest absolute Gasteiger partial charge is 0.573 e. The molecule has 0 aliphatic carbocycles. The number of ether oxygens (including phenoxy) is 2. The number of morpholine rings is 1. The van der Waals surface area contributed by atoms with E-state index in [0.29, 0.717) is 17.7 Å². The van der Waals surface area contributed by atoms with Crippen LogP contribution in [-0.4, -0.2) is 44.1 Å². The molecule has 0 amide bonds. The molecule has 0 unspecified atom stereocenters. The van der Waals surface area contributed by atoms with Gasteiger partial charge in [-0.3, -0.25) is 4.90 Å². The van der Waals surface area contributed by atoms with Crippen LogP contribution in [0.5, 0.6) is 5.75 Å². The molecule has 1 aliphatic heterocycles. The van der Waals surface area contributed by atoms with Crippen molar-refractivity contribution in [2.45, 2.75) is 19.2 Å². The second-order valence-corrected chi connectivity index (χ2v) is 4.97. The van der Waals surface area contributed by atoms with E-state index in [1.165, 1.54) is 18.2 Å². The van der Waals surface area contributed by atoms with E-state index >= 15 is 0 Å². The van der Waals surface area contributed by atoms with Crippen LogP contribution in [0.2, 0.25) is 0 Å². The highest BCUT2D eigenvalue weighted by atomic mass is 19.4. The number of anilines is 1. The smallest absolute Gasteiger partial charge is 0.406 e. The Morgan fingerprint density at radius 2 is 1.95 bits per heavy atom. The van der Waals surface area contributed by atoms with Crippen molar-refractivity contribution >= 4 is 5.69 Å². The third-order valence-corrected chi connectivity index (χ3v) is 3.37. The van der Waals surface area contributed by atoms with Crippen molar-refractivity contribution in [1.82, 2.24) is 4.90 Å². The van der Waals surface area contributed by atoms with Crippen LogP contribution < -0.4 is 10.5 Å². The van der Waals surface area contributed by atoms with Crippen LogP contribution in [0.3, 0.4) is 0 Å². The fraction of sp³-hybridized carbons (Fsp3) is 0.571. The third-order valence-electron chi connectivity index (χ3n) is 3.37. The number of hydrogen-bond acceptors (Lipinski definition) is 4. The molecule has 0 atom stereocenters. The van der Waals surface area contributed by atoms with E-state index < -0.39 is 6.36 Å². The Morgan fingerprint density at radius 1 is 1.24 bits per heavy atom. The molecule has 2 N–H and O–H groups in total. The number of nitrogens with two attached hydrogens (primary N) is 1. The molecule has 0 bridgehead atoms. The van der Waals surface area contributed by atoms with Gasteiger partial charge < -0.3 is 15.2 Å². The van der Waals surface area contributed by atoms with Crippen LogP contribution in [0, 0.1) is 0 Å². The molecule has 118 valence electrons. The van der Waals surface area contributed by atoms with Crippen molar-refractivity contribution in [3.8, 4) is 5.75 Å². The van der Waals surface area contributed by atoms with Crippen LogP contribution in [0.4, 0.5) is 18.9 Å². The molecule has 4 nitrogen and oxygen atoms in total. The van der Waals surface area contributed by atoms with E-state index in [1.807, 2.05) is 0 Å². The van der Waals surface area contributed by atoms with Gasteiger partial charge in [-0.05, 0) is 43.1 Å². The first-order chi connectivity index (χ1) is 9.94. The topological polar surface area (TPSA) is 47.7 Å². The summed E-state index contributed by atoms with van der Waals surface area (Å²) in [6.45, 7) is 4.14. The quantitative estimate of drug-likeness (QED) is 0.849. The van der Waals surface area contributed by atoms with Gasteiger partial charge in [-0.1, -0.05) is 0 Å². The van der Waals surface area contributed by atoms with Crippen molar-refractivity contribution in [2.24, 2.45) is 0 Å². The lowest BCUT2D eigenvalue weighted by molar-refractivity contribution is -0.274. The maximum atomic E-state index is 12.2. The third kappa shape index (κ3) is 5.43. The summed E-state index contributed by atoms with van der Waals surface area (Å²) in [7, 11) is 0. The van der Waals surface area contributed by atoms with Crippen molar-refractivity contribution in [3.05, 3.63) is 23.8 Å². The summed E-state index contributed by atoms with van der Waals surface area (Å²) >= 11 is 0. The molecule has 1 saturated heterocycles. The Bertz CT molecular complexity index is 460. The van der Waals surface area contributed by atoms with Crippen LogP contribution in [0.1, 0.15) is 12.0 Å². The van der Waals surface area contributed by atoms with Gasteiger partial charge in [-0.25, -0.2) is 0 Å². The zero-order valence-electron chi connectivity index (χ0n) is 11.7. The van der Waals surface area contributed by atoms with Gasteiger partial charge in [-0.15, -0.1) is 13.2 Å². The Morgan fingerprint density at radius 3 is 2.62 bits per heavy atom. The number of hydrogen-bond donors (Lipinski definition) is 1. The van der Waals surface area contributed by atoms with E-state index in [4.69, 9.17) is 10.5 Å². The number of benzene rings is 1. The molecule has 0 radical (unpaired) electrons.